The van der Waals surface area contributed by atoms with Crippen LogP contribution in [-0.2, 0) is 14.8 Å². The van der Waals surface area contributed by atoms with Crippen LogP contribution in [0.25, 0.3) is 0 Å². The van der Waals surface area contributed by atoms with Crippen molar-refractivity contribution in [2.45, 2.75) is 32.1 Å². The smallest absolute Gasteiger partial charge is 0.261 e. The Kier molecular flexibility index (Phi) is 7.90. The average molecular weight is 421 g/mol. The lowest BCUT2D eigenvalue weighted by atomic mass is 10.1. The van der Waals surface area contributed by atoms with E-state index < -0.39 is 10.0 Å². The number of amides is 1. The molecule has 0 heterocycles. The highest BCUT2D eigenvalue weighted by Crippen LogP contribution is 2.24. The van der Waals surface area contributed by atoms with Gasteiger partial charge in [-0.25, -0.2) is 8.42 Å². The Morgan fingerprint density at radius 2 is 1.79 bits per heavy atom. The summed E-state index contributed by atoms with van der Waals surface area (Å²) in [5, 5.41) is 2.80. The van der Waals surface area contributed by atoms with Crippen molar-refractivity contribution in [1.29, 1.82) is 0 Å². The minimum Gasteiger partial charge on any atom is -0.497 e. The molecule has 2 aromatic carbocycles. The molecule has 2 aromatic rings. The summed E-state index contributed by atoms with van der Waals surface area (Å²) < 4.78 is 38.3. The van der Waals surface area contributed by atoms with Crippen molar-refractivity contribution in [1.82, 2.24) is 5.32 Å². The van der Waals surface area contributed by atoms with Crippen molar-refractivity contribution >= 4 is 21.6 Å². The standard InChI is InChI=1S/C21H28N2O5S/c1-15(2)11-12-22-21(24)14-28-20-10-9-19(13-16(20)3)29(25,26)23-17-5-7-18(27-4)8-6-17/h5-10,13,15,23H,11-12,14H2,1-4H3,(H,22,24). The van der Waals surface area contributed by atoms with Crippen molar-refractivity contribution in [3.05, 3.63) is 48.0 Å². The maximum atomic E-state index is 12.6. The molecule has 1 amide bonds. The molecular formula is C21H28N2O5S. The van der Waals surface area contributed by atoms with Crippen LogP contribution in [-0.4, -0.2) is 34.6 Å². The number of hydrogen-bond donors (Lipinski definition) is 2. The maximum Gasteiger partial charge on any atom is 0.261 e. The fraction of sp³-hybridized carbons (Fsp3) is 0.381. The minimum absolute atomic E-state index is 0.111. The van der Waals surface area contributed by atoms with Gasteiger partial charge in [0.2, 0.25) is 0 Å². The quantitative estimate of drug-likeness (QED) is 0.615. The van der Waals surface area contributed by atoms with E-state index in [2.05, 4.69) is 23.9 Å². The number of anilines is 1. The van der Waals surface area contributed by atoms with Gasteiger partial charge in [-0.15, -0.1) is 0 Å². The van der Waals surface area contributed by atoms with E-state index in [4.69, 9.17) is 9.47 Å². The first-order valence-corrected chi connectivity index (χ1v) is 10.9. The second-order valence-electron chi connectivity index (χ2n) is 7.08. The van der Waals surface area contributed by atoms with E-state index in [-0.39, 0.29) is 17.4 Å². The highest BCUT2D eigenvalue weighted by atomic mass is 32.2. The Morgan fingerprint density at radius 3 is 2.38 bits per heavy atom. The second kappa shape index (κ2) is 10.2. The molecule has 29 heavy (non-hydrogen) atoms. The zero-order valence-electron chi connectivity index (χ0n) is 17.2. The van der Waals surface area contributed by atoms with Crippen LogP contribution in [0.1, 0.15) is 25.8 Å². The topological polar surface area (TPSA) is 93.7 Å². The molecule has 0 radical (unpaired) electrons. The van der Waals surface area contributed by atoms with Crippen LogP contribution in [0.15, 0.2) is 47.4 Å². The third-order valence-corrected chi connectivity index (χ3v) is 5.58. The molecule has 158 valence electrons. The van der Waals surface area contributed by atoms with Gasteiger partial charge in [0.05, 0.1) is 12.0 Å². The van der Waals surface area contributed by atoms with Crippen molar-refractivity contribution in [2.75, 3.05) is 25.0 Å². The van der Waals surface area contributed by atoms with Crippen LogP contribution in [0.4, 0.5) is 5.69 Å². The minimum atomic E-state index is -3.75. The van der Waals surface area contributed by atoms with Gasteiger partial charge < -0.3 is 14.8 Å². The summed E-state index contributed by atoms with van der Waals surface area (Å²) in [7, 11) is -2.21. The Labute approximate surface area is 172 Å². The highest BCUT2D eigenvalue weighted by molar-refractivity contribution is 7.92. The van der Waals surface area contributed by atoms with Crippen molar-refractivity contribution in [3.63, 3.8) is 0 Å². The van der Waals surface area contributed by atoms with Crippen LogP contribution in [0.5, 0.6) is 11.5 Å². The zero-order valence-corrected chi connectivity index (χ0v) is 18.0. The van der Waals surface area contributed by atoms with Crippen molar-refractivity contribution in [3.8, 4) is 11.5 Å². The summed E-state index contributed by atoms with van der Waals surface area (Å²) in [4.78, 5) is 11.9. The van der Waals surface area contributed by atoms with Gasteiger partial charge in [0, 0.05) is 12.2 Å². The van der Waals surface area contributed by atoms with Crippen LogP contribution in [0.3, 0.4) is 0 Å². The molecule has 0 saturated carbocycles. The number of ether oxygens (including phenoxy) is 2. The van der Waals surface area contributed by atoms with E-state index in [9.17, 15) is 13.2 Å². The fourth-order valence-electron chi connectivity index (χ4n) is 2.52. The normalized spacial score (nSPS) is 11.2. The molecule has 7 nitrogen and oxygen atoms in total. The SMILES string of the molecule is COc1ccc(NS(=O)(=O)c2ccc(OCC(=O)NCCC(C)C)c(C)c2)cc1. The molecule has 2 N–H and O–H groups in total. The van der Waals surface area contributed by atoms with Crippen LogP contribution in [0, 0.1) is 12.8 Å². The molecule has 8 heteroatoms. The van der Waals surface area contributed by atoms with Gasteiger partial charge in [-0.3, -0.25) is 9.52 Å². The number of hydrogen-bond acceptors (Lipinski definition) is 5. The molecule has 2 rings (SSSR count). The largest absolute Gasteiger partial charge is 0.497 e. The van der Waals surface area contributed by atoms with E-state index in [1.165, 1.54) is 12.1 Å². The molecule has 0 spiro atoms. The molecule has 0 aromatic heterocycles. The monoisotopic (exact) mass is 420 g/mol. The first kappa shape index (κ1) is 22.5. The van der Waals surface area contributed by atoms with Gasteiger partial charge in [-0.1, -0.05) is 13.8 Å². The summed E-state index contributed by atoms with van der Waals surface area (Å²) >= 11 is 0. The number of nitrogens with one attached hydrogen (secondary N) is 2. The van der Waals surface area contributed by atoms with Crippen LogP contribution < -0.4 is 19.5 Å². The maximum absolute atomic E-state index is 12.6. The molecule has 0 aliphatic rings. The number of aryl methyl sites for hydroxylation is 1. The van der Waals surface area contributed by atoms with E-state index in [1.807, 2.05) is 0 Å². The molecule has 0 atom stereocenters. The number of carbonyl (C=O) groups excluding carboxylic acids is 1. The lowest BCUT2D eigenvalue weighted by molar-refractivity contribution is -0.123. The Bertz CT molecular complexity index is 925. The molecular weight excluding hydrogens is 392 g/mol. The molecule has 0 aliphatic carbocycles. The van der Waals surface area contributed by atoms with E-state index in [0.29, 0.717) is 35.2 Å². The predicted octanol–water partition coefficient (Wildman–Crippen LogP) is 3.35. The molecule has 0 fully saturated rings. The number of carbonyl (C=O) groups is 1. The number of methoxy groups -OCH3 is 1. The highest BCUT2D eigenvalue weighted by Gasteiger charge is 2.16. The first-order valence-electron chi connectivity index (χ1n) is 9.38. The third-order valence-electron chi connectivity index (χ3n) is 4.20. The van der Waals surface area contributed by atoms with Gasteiger partial charge in [0.15, 0.2) is 6.61 Å². The summed E-state index contributed by atoms with van der Waals surface area (Å²) in [6, 6.07) is 11.1. The average Bonchev–Trinajstić information content (AvgIpc) is 2.67. The van der Waals surface area contributed by atoms with Gasteiger partial charge in [0.1, 0.15) is 11.5 Å². The van der Waals surface area contributed by atoms with Crippen molar-refractivity contribution in [2.24, 2.45) is 5.92 Å². The third kappa shape index (κ3) is 6.98. The fourth-order valence-corrected chi connectivity index (χ4v) is 3.66. The van der Waals surface area contributed by atoms with Gasteiger partial charge in [-0.2, -0.15) is 0 Å². The first-order chi connectivity index (χ1) is 13.7. The van der Waals surface area contributed by atoms with E-state index in [0.717, 1.165) is 6.42 Å². The lowest BCUT2D eigenvalue weighted by Crippen LogP contribution is -2.30. The van der Waals surface area contributed by atoms with Crippen molar-refractivity contribution < 1.29 is 22.7 Å². The zero-order chi connectivity index (χ0) is 21.4. The number of rotatable bonds is 10. The van der Waals surface area contributed by atoms with Gasteiger partial charge in [-0.05, 0) is 67.3 Å². The lowest BCUT2D eigenvalue weighted by Gasteiger charge is -2.13. The van der Waals surface area contributed by atoms with Gasteiger partial charge in [0.25, 0.3) is 15.9 Å². The second-order valence-corrected chi connectivity index (χ2v) is 8.76. The van der Waals surface area contributed by atoms with E-state index in [1.54, 1.807) is 44.4 Å². The van der Waals surface area contributed by atoms with E-state index >= 15 is 0 Å². The van der Waals surface area contributed by atoms with Crippen LogP contribution in [0.2, 0.25) is 0 Å². The predicted molar refractivity (Wildman–Crippen MR) is 113 cm³/mol. The molecule has 0 aliphatic heterocycles. The molecule has 0 unspecified atom stereocenters. The number of sulfonamides is 1. The molecule has 0 saturated heterocycles. The summed E-state index contributed by atoms with van der Waals surface area (Å²) in [5.41, 5.74) is 1.06. The Hall–Kier alpha value is -2.74. The summed E-state index contributed by atoms with van der Waals surface area (Å²) in [6.07, 6.45) is 0.901. The summed E-state index contributed by atoms with van der Waals surface area (Å²) in [5.74, 6) is 1.41. The van der Waals surface area contributed by atoms with Gasteiger partial charge >= 0.3 is 0 Å². The number of benzene rings is 2. The Morgan fingerprint density at radius 1 is 1.10 bits per heavy atom. The summed E-state index contributed by atoms with van der Waals surface area (Å²) in [6.45, 7) is 6.40. The Balaban J connectivity index is 1.99. The molecule has 0 bridgehead atoms. The van der Waals surface area contributed by atoms with Crippen LogP contribution >= 0.6 is 0 Å².